The summed E-state index contributed by atoms with van der Waals surface area (Å²) < 4.78 is 11.0. The Bertz CT molecular complexity index is 188. The molecule has 0 aromatic rings. The molecule has 3 nitrogen and oxygen atoms in total. The van der Waals surface area contributed by atoms with E-state index in [0.717, 1.165) is 39.1 Å². The second kappa shape index (κ2) is 4.17. The van der Waals surface area contributed by atoms with Crippen molar-refractivity contribution in [3.05, 3.63) is 0 Å². The smallest absolute Gasteiger partial charge is 0.0641 e. The summed E-state index contributed by atoms with van der Waals surface area (Å²) in [5.41, 5.74) is 0.0510. The standard InChI is InChI=1S/C11H21NO2/c1-11(2)7-9(4-6-14-11)12-10-3-5-13-8-10/h9-10,12H,3-8H2,1-2H3. The maximum Gasteiger partial charge on any atom is 0.0641 e. The fourth-order valence-electron chi connectivity index (χ4n) is 2.37. The summed E-state index contributed by atoms with van der Waals surface area (Å²) in [7, 11) is 0. The molecule has 0 aromatic carbocycles. The van der Waals surface area contributed by atoms with E-state index in [4.69, 9.17) is 9.47 Å². The van der Waals surface area contributed by atoms with Gasteiger partial charge in [0.15, 0.2) is 0 Å². The molecule has 82 valence electrons. The van der Waals surface area contributed by atoms with Crippen LogP contribution in [0.4, 0.5) is 0 Å². The quantitative estimate of drug-likeness (QED) is 0.727. The first-order chi connectivity index (χ1) is 6.66. The Morgan fingerprint density at radius 2 is 1.93 bits per heavy atom. The van der Waals surface area contributed by atoms with Crippen LogP contribution in [0.2, 0.25) is 0 Å². The summed E-state index contributed by atoms with van der Waals surface area (Å²) in [4.78, 5) is 0. The highest BCUT2D eigenvalue weighted by molar-refractivity contribution is 4.86. The monoisotopic (exact) mass is 199 g/mol. The minimum atomic E-state index is 0.0510. The summed E-state index contributed by atoms with van der Waals surface area (Å²) in [6.45, 7) is 7.04. The zero-order valence-electron chi connectivity index (χ0n) is 9.21. The van der Waals surface area contributed by atoms with Gasteiger partial charge < -0.3 is 14.8 Å². The average molecular weight is 199 g/mol. The Balaban J connectivity index is 1.79. The molecule has 0 bridgehead atoms. The van der Waals surface area contributed by atoms with Crippen molar-refractivity contribution >= 4 is 0 Å². The average Bonchev–Trinajstić information content (AvgIpc) is 2.54. The number of nitrogens with one attached hydrogen (secondary N) is 1. The van der Waals surface area contributed by atoms with Gasteiger partial charge in [-0.1, -0.05) is 0 Å². The predicted molar refractivity (Wildman–Crippen MR) is 55.4 cm³/mol. The first-order valence-electron chi connectivity index (χ1n) is 5.63. The molecule has 2 aliphatic rings. The number of ether oxygens (including phenoxy) is 2. The summed E-state index contributed by atoms with van der Waals surface area (Å²) in [5.74, 6) is 0. The van der Waals surface area contributed by atoms with Crippen LogP contribution >= 0.6 is 0 Å². The first kappa shape index (κ1) is 10.4. The highest BCUT2D eigenvalue weighted by Gasteiger charge is 2.30. The van der Waals surface area contributed by atoms with Gasteiger partial charge in [-0.25, -0.2) is 0 Å². The molecule has 0 aromatic heterocycles. The summed E-state index contributed by atoms with van der Waals surface area (Å²) in [6.07, 6.45) is 3.42. The maximum atomic E-state index is 5.69. The van der Waals surface area contributed by atoms with Crippen molar-refractivity contribution in [3.8, 4) is 0 Å². The fraction of sp³-hybridized carbons (Fsp3) is 1.00. The highest BCUT2D eigenvalue weighted by Crippen LogP contribution is 2.24. The van der Waals surface area contributed by atoms with Crippen LogP contribution < -0.4 is 5.32 Å². The molecule has 0 spiro atoms. The van der Waals surface area contributed by atoms with E-state index in [1.54, 1.807) is 0 Å². The zero-order chi connectivity index (χ0) is 10.0. The molecule has 0 aliphatic carbocycles. The van der Waals surface area contributed by atoms with Gasteiger partial charge in [0.05, 0.1) is 12.2 Å². The maximum absolute atomic E-state index is 5.69. The van der Waals surface area contributed by atoms with Crippen LogP contribution in [0.15, 0.2) is 0 Å². The molecule has 1 N–H and O–H groups in total. The molecule has 2 rings (SSSR count). The second-order valence-corrected chi connectivity index (χ2v) is 5.03. The van der Waals surface area contributed by atoms with Gasteiger partial charge in [-0.15, -0.1) is 0 Å². The van der Waals surface area contributed by atoms with Gasteiger partial charge in [-0.3, -0.25) is 0 Å². The minimum Gasteiger partial charge on any atom is -0.380 e. The molecule has 3 heteroatoms. The molecule has 2 atom stereocenters. The second-order valence-electron chi connectivity index (χ2n) is 5.03. The molecule has 0 saturated carbocycles. The molecule has 2 fully saturated rings. The molecule has 0 radical (unpaired) electrons. The molecular weight excluding hydrogens is 178 g/mol. The molecule has 2 unspecified atom stereocenters. The van der Waals surface area contributed by atoms with Crippen LogP contribution in [-0.4, -0.2) is 37.5 Å². The molecule has 2 heterocycles. The van der Waals surface area contributed by atoms with Crippen molar-refractivity contribution < 1.29 is 9.47 Å². The highest BCUT2D eigenvalue weighted by atomic mass is 16.5. The van der Waals surface area contributed by atoms with Crippen molar-refractivity contribution in [2.24, 2.45) is 0 Å². The van der Waals surface area contributed by atoms with Crippen LogP contribution in [0.3, 0.4) is 0 Å². The van der Waals surface area contributed by atoms with E-state index in [9.17, 15) is 0 Å². The van der Waals surface area contributed by atoms with Gasteiger partial charge in [-0.05, 0) is 33.1 Å². The topological polar surface area (TPSA) is 30.5 Å². The third-order valence-electron chi connectivity index (χ3n) is 3.10. The van der Waals surface area contributed by atoms with Crippen molar-refractivity contribution in [2.75, 3.05) is 19.8 Å². The summed E-state index contributed by atoms with van der Waals surface area (Å²) in [6, 6.07) is 1.19. The lowest BCUT2D eigenvalue weighted by Gasteiger charge is -2.37. The Kier molecular flexibility index (Phi) is 3.10. The van der Waals surface area contributed by atoms with E-state index in [2.05, 4.69) is 19.2 Å². The van der Waals surface area contributed by atoms with E-state index in [-0.39, 0.29) is 5.60 Å². The number of hydrogen-bond acceptors (Lipinski definition) is 3. The number of hydrogen-bond donors (Lipinski definition) is 1. The predicted octanol–water partition coefficient (Wildman–Crippen LogP) is 1.32. The Hall–Kier alpha value is -0.120. The zero-order valence-corrected chi connectivity index (χ0v) is 9.21. The van der Waals surface area contributed by atoms with Gasteiger partial charge >= 0.3 is 0 Å². The van der Waals surface area contributed by atoms with Gasteiger partial charge in [0.25, 0.3) is 0 Å². The van der Waals surface area contributed by atoms with Crippen LogP contribution in [0.1, 0.15) is 33.1 Å². The van der Waals surface area contributed by atoms with E-state index in [1.807, 2.05) is 0 Å². The van der Waals surface area contributed by atoms with Gasteiger partial charge in [0.1, 0.15) is 0 Å². The van der Waals surface area contributed by atoms with Gasteiger partial charge in [0.2, 0.25) is 0 Å². The first-order valence-corrected chi connectivity index (χ1v) is 5.63. The van der Waals surface area contributed by atoms with E-state index < -0.39 is 0 Å². The Labute approximate surface area is 86.2 Å². The van der Waals surface area contributed by atoms with Gasteiger partial charge in [-0.2, -0.15) is 0 Å². The summed E-state index contributed by atoms with van der Waals surface area (Å²) in [5, 5.41) is 3.67. The van der Waals surface area contributed by atoms with Crippen molar-refractivity contribution in [3.63, 3.8) is 0 Å². The lowest BCUT2D eigenvalue weighted by molar-refractivity contribution is -0.0642. The number of rotatable bonds is 2. The molecule has 14 heavy (non-hydrogen) atoms. The van der Waals surface area contributed by atoms with Gasteiger partial charge in [0, 0.05) is 25.3 Å². The molecule has 2 aliphatic heterocycles. The largest absolute Gasteiger partial charge is 0.380 e. The van der Waals surface area contributed by atoms with Crippen molar-refractivity contribution in [1.29, 1.82) is 0 Å². The van der Waals surface area contributed by atoms with E-state index in [0.29, 0.717) is 12.1 Å². The lowest BCUT2D eigenvalue weighted by atomic mass is 9.93. The molecule has 0 amide bonds. The van der Waals surface area contributed by atoms with Crippen molar-refractivity contribution in [2.45, 2.75) is 50.8 Å². The third-order valence-corrected chi connectivity index (χ3v) is 3.10. The van der Waals surface area contributed by atoms with Crippen LogP contribution in [-0.2, 0) is 9.47 Å². The fourth-order valence-corrected chi connectivity index (χ4v) is 2.37. The normalized spacial score (nSPS) is 37.3. The van der Waals surface area contributed by atoms with Crippen LogP contribution in [0, 0.1) is 0 Å². The lowest BCUT2D eigenvalue weighted by Crippen LogP contribution is -2.47. The Morgan fingerprint density at radius 3 is 2.57 bits per heavy atom. The van der Waals surface area contributed by atoms with E-state index >= 15 is 0 Å². The SMILES string of the molecule is CC1(C)CC(NC2CCOC2)CCO1. The Morgan fingerprint density at radius 1 is 1.14 bits per heavy atom. The minimum absolute atomic E-state index is 0.0510. The van der Waals surface area contributed by atoms with Crippen LogP contribution in [0.25, 0.3) is 0 Å². The third kappa shape index (κ3) is 2.69. The molecular formula is C11H21NO2. The van der Waals surface area contributed by atoms with E-state index in [1.165, 1.54) is 0 Å². The summed E-state index contributed by atoms with van der Waals surface area (Å²) >= 11 is 0. The molecule has 2 saturated heterocycles. The van der Waals surface area contributed by atoms with Crippen molar-refractivity contribution in [1.82, 2.24) is 5.32 Å². The van der Waals surface area contributed by atoms with Crippen LogP contribution in [0.5, 0.6) is 0 Å².